The Labute approximate surface area is 99.2 Å². The minimum Gasteiger partial charge on any atom is -0.386 e. The van der Waals surface area contributed by atoms with E-state index in [1.165, 1.54) is 13.8 Å². The van der Waals surface area contributed by atoms with E-state index in [2.05, 4.69) is 24.5 Å². The van der Waals surface area contributed by atoms with Gasteiger partial charge in [-0.15, -0.1) is 0 Å². The number of rotatable bonds is 3. The van der Waals surface area contributed by atoms with Crippen molar-refractivity contribution in [3.05, 3.63) is 37.0 Å². The molecule has 0 aromatic carbocycles. The fraction of sp³-hybridized carbons (Fsp3) is 0.182. The van der Waals surface area contributed by atoms with E-state index in [0.717, 1.165) is 6.08 Å². The molecule has 0 N–H and O–H groups in total. The van der Waals surface area contributed by atoms with E-state index in [-0.39, 0.29) is 11.1 Å². The predicted octanol–water partition coefficient (Wildman–Crippen LogP) is 2.15. The molecule has 0 aromatic heterocycles. The lowest BCUT2D eigenvalue weighted by Gasteiger charge is -1.99. The third-order valence-electron chi connectivity index (χ3n) is 1.04. The number of hydrogen-bond acceptors (Lipinski definition) is 4. The number of carbonyl (C=O) groups excluding carboxylic acids is 3. The molecule has 0 aliphatic carbocycles. The second-order valence-electron chi connectivity index (χ2n) is 2.75. The highest BCUT2D eigenvalue weighted by Gasteiger charge is 2.10. The molecule has 0 radical (unpaired) electrons. The van der Waals surface area contributed by atoms with Gasteiger partial charge in [0, 0.05) is 11.1 Å². The van der Waals surface area contributed by atoms with Gasteiger partial charge >= 0.3 is 11.9 Å². The molecule has 0 spiro atoms. The van der Waals surface area contributed by atoms with Crippen LogP contribution in [0.2, 0.25) is 0 Å². The largest absolute Gasteiger partial charge is 0.386 e. The lowest BCUT2D eigenvalue weighted by Crippen LogP contribution is -2.12. The van der Waals surface area contributed by atoms with Crippen LogP contribution in [-0.2, 0) is 19.1 Å². The number of halogens is 1. The van der Waals surface area contributed by atoms with Gasteiger partial charge in [-0.05, 0) is 31.5 Å². The minimum absolute atomic E-state index is 0.194. The summed E-state index contributed by atoms with van der Waals surface area (Å²) in [5.41, 5.74) is 0.388. The van der Waals surface area contributed by atoms with Crippen LogP contribution in [-0.4, -0.2) is 17.2 Å². The van der Waals surface area contributed by atoms with Gasteiger partial charge in [0.25, 0.3) is 0 Å². The molecule has 0 amide bonds. The molecular formula is C11H13ClO4. The van der Waals surface area contributed by atoms with Crippen LogP contribution in [0.3, 0.4) is 0 Å². The average molecular weight is 245 g/mol. The van der Waals surface area contributed by atoms with E-state index < -0.39 is 17.2 Å². The van der Waals surface area contributed by atoms with E-state index in [1.54, 1.807) is 0 Å². The maximum Gasteiger partial charge on any atom is 0.340 e. The third-order valence-corrected chi connectivity index (χ3v) is 1.20. The molecule has 0 heterocycles. The van der Waals surface area contributed by atoms with Crippen LogP contribution in [0.25, 0.3) is 0 Å². The van der Waals surface area contributed by atoms with Crippen LogP contribution in [0.4, 0.5) is 0 Å². The van der Waals surface area contributed by atoms with Crippen LogP contribution < -0.4 is 0 Å². The number of ether oxygens (including phenoxy) is 1. The Bertz CT molecular complexity index is 318. The lowest BCUT2D eigenvalue weighted by atomic mass is 10.3. The van der Waals surface area contributed by atoms with Gasteiger partial charge in [0.2, 0.25) is 5.24 Å². The number of allylic oxidation sites excluding steroid dienone is 1. The Kier molecular flexibility index (Phi) is 9.01. The molecule has 0 saturated carbocycles. The normalized spacial score (nSPS) is 7.94. The lowest BCUT2D eigenvalue weighted by molar-refractivity contribution is -0.153. The summed E-state index contributed by atoms with van der Waals surface area (Å²) in [5.74, 6) is -1.42. The molecule has 5 heteroatoms. The van der Waals surface area contributed by atoms with Crippen molar-refractivity contribution in [3.63, 3.8) is 0 Å². The molecule has 0 aliphatic heterocycles. The van der Waals surface area contributed by atoms with E-state index >= 15 is 0 Å². The first-order valence-corrected chi connectivity index (χ1v) is 4.49. The van der Waals surface area contributed by atoms with Crippen molar-refractivity contribution in [1.82, 2.24) is 0 Å². The van der Waals surface area contributed by atoms with Gasteiger partial charge in [0.05, 0.1) is 0 Å². The Morgan fingerprint density at radius 1 is 1.06 bits per heavy atom. The fourth-order valence-corrected chi connectivity index (χ4v) is 0.258. The Hall–Kier alpha value is -1.68. The van der Waals surface area contributed by atoms with Crippen LogP contribution >= 0.6 is 11.6 Å². The van der Waals surface area contributed by atoms with Gasteiger partial charge in [-0.1, -0.05) is 19.7 Å². The van der Waals surface area contributed by atoms with Gasteiger partial charge in [-0.25, -0.2) is 9.59 Å². The fourth-order valence-electron chi connectivity index (χ4n) is 0.258. The standard InChI is InChI=1S/C8H10O3.C3H3ClO/c1-5(2)7(9)11-8(10)6(3)4;1-2-3(4)5/h1,3H2,2,4H3;2H,1H2. The second-order valence-corrected chi connectivity index (χ2v) is 3.12. The summed E-state index contributed by atoms with van der Waals surface area (Å²) in [7, 11) is 0. The highest BCUT2D eigenvalue weighted by molar-refractivity contribution is 6.66. The monoisotopic (exact) mass is 244 g/mol. The summed E-state index contributed by atoms with van der Waals surface area (Å²) in [6, 6.07) is 0. The number of carbonyl (C=O) groups is 3. The molecule has 4 nitrogen and oxygen atoms in total. The third kappa shape index (κ3) is 10.4. The second kappa shape index (κ2) is 8.61. The molecule has 0 unspecified atom stereocenters. The highest BCUT2D eigenvalue weighted by Crippen LogP contribution is 1.97. The first kappa shape index (κ1) is 16.7. The molecule has 0 aromatic rings. The smallest absolute Gasteiger partial charge is 0.340 e. The van der Waals surface area contributed by atoms with Crippen molar-refractivity contribution in [2.45, 2.75) is 13.8 Å². The zero-order valence-corrected chi connectivity index (χ0v) is 9.97. The molecule has 88 valence electrons. The minimum atomic E-state index is -0.710. The van der Waals surface area contributed by atoms with Crippen molar-refractivity contribution in [2.24, 2.45) is 0 Å². The van der Waals surface area contributed by atoms with Crippen molar-refractivity contribution in [3.8, 4) is 0 Å². The van der Waals surface area contributed by atoms with Crippen LogP contribution in [0.5, 0.6) is 0 Å². The highest BCUT2D eigenvalue weighted by atomic mass is 35.5. The summed E-state index contributed by atoms with van der Waals surface area (Å²) in [6.45, 7) is 12.6. The topological polar surface area (TPSA) is 60.4 Å². The van der Waals surface area contributed by atoms with Crippen LogP contribution in [0, 0.1) is 0 Å². The average Bonchev–Trinajstić information content (AvgIpc) is 2.18. The van der Waals surface area contributed by atoms with Gasteiger partial charge in [0.15, 0.2) is 0 Å². The number of esters is 2. The summed E-state index contributed by atoms with van der Waals surface area (Å²) >= 11 is 4.71. The maximum atomic E-state index is 10.7. The molecule has 0 fully saturated rings. The van der Waals surface area contributed by atoms with Crippen molar-refractivity contribution < 1.29 is 19.1 Å². The molecular weight excluding hydrogens is 232 g/mol. The van der Waals surface area contributed by atoms with Gasteiger partial charge in [-0.2, -0.15) is 0 Å². The maximum absolute atomic E-state index is 10.7. The van der Waals surface area contributed by atoms with Crippen LogP contribution in [0.15, 0.2) is 37.0 Å². The van der Waals surface area contributed by atoms with Gasteiger partial charge in [0.1, 0.15) is 0 Å². The Balaban J connectivity index is 0. The van der Waals surface area contributed by atoms with Crippen molar-refractivity contribution in [1.29, 1.82) is 0 Å². The quantitative estimate of drug-likeness (QED) is 0.330. The molecule has 16 heavy (non-hydrogen) atoms. The molecule has 0 bridgehead atoms. The summed E-state index contributed by atoms with van der Waals surface area (Å²) in [6.07, 6.45) is 1.04. The predicted molar refractivity (Wildman–Crippen MR) is 61.8 cm³/mol. The summed E-state index contributed by atoms with van der Waals surface area (Å²) in [4.78, 5) is 30.8. The SMILES string of the molecule is C=C(C)C(=O)OC(=O)C(=C)C.C=CC(=O)Cl. The Morgan fingerprint density at radius 2 is 1.31 bits per heavy atom. The number of hydrogen-bond donors (Lipinski definition) is 0. The van der Waals surface area contributed by atoms with Crippen LogP contribution in [0.1, 0.15) is 13.8 Å². The zero-order valence-electron chi connectivity index (χ0n) is 9.21. The molecule has 0 rings (SSSR count). The molecule has 0 aliphatic rings. The summed E-state index contributed by atoms with van der Waals surface area (Å²) < 4.78 is 4.30. The zero-order chi connectivity index (χ0) is 13.3. The van der Waals surface area contributed by atoms with Gasteiger partial charge in [-0.3, -0.25) is 4.79 Å². The van der Waals surface area contributed by atoms with E-state index in [9.17, 15) is 14.4 Å². The first-order chi connectivity index (χ1) is 7.22. The van der Waals surface area contributed by atoms with E-state index in [1.807, 2.05) is 0 Å². The van der Waals surface area contributed by atoms with Crippen molar-refractivity contribution in [2.75, 3.05) is 0 Å². The Morgan fingerprint density at radius 3 is 1.44 bits per heavy atom. The first-order valence-electron chi connectivity index (χ1n) is 4.11. The van der Waals surface area contributed by atoms with Gasteiger partial charge < -0.3 is 4.74 Å². The van der Waals surface area contributed by atoms with E-state index in [4.69, 9.17) is 11.6 Å². The summed E-state index contributed by atoms with van der Waals surface area (Å²) in [5, 5.41) is -0.509. The molecule has 0 atom stereocenters. The van der Waals surface area contributed by atoms with Crippen molar-refractivity contribution >= 4 is 28.8 Å². The van der Waals surface area contributed by atoms with E-state index in [0.29, 0.717) is 0 Å². The molecule has 0 saturated heterocycles.